The minimum atomic E-state index is 0.00703. The summed E-state index contributed by atoms with van der Waals surface area (Å²) in [4.78, 5) is 32.1. The summed E-state index contributed by atoms with van der Waals surface area (Å²) >= 11 is 0. The van der Waals surface area contributed by atoms with Crippen molar-refractivity contribution in [2.24, 2.45) is 0 Å². The summed E-state index contributed by atoms with van der Waals surface area (Å²) in [6, 6.07) is 6.01. The number of nitrogens with zero attached hydrogens (tertiary/aromatic N) is 4. The third kappa shape index (κ3) is 5.79. The van der Waals surface area contributed by atoms with Crippen LogP contribution in [-0.4, -0.2) is 63.7 Å². The van der Waals surface area contributed by atoms with Gasteiger partial charge in [0.15, 0.2) is 0 Å². The van der Waals surface area contributed by atoms with Gasteiger partial charge in [0.1, 0.15) is 5.65 Å². The Morgan fingerprint density at radius 3 is 2.67 bits per heavy atom. The van der Waals surface area contributed by atoms with E-state index < -0.39 is 0 Å². The van der Waals surface area contributed by atoms with Crippen molar-refractivity contribution in [2.45, 2.75) is 39.2 Å². The van der Waals surface area contributed by atoms with Gasteiger partial charge < -0.3 is 14.6 Å². The number of carbonyl (C=O) groups excluding carboxylic acids is 2. The van der Waals surface area contributed by atoms with Gasteiger partial charge in [-0.1, -0.05) is 12.5 Å². The summed E-state index contributed by atoms with van der Waals surface area (Å²) in [7, 11) is 0. The molecule has 1 aliphatic heterocycles. The normalized spacial score (nSPS) is 15.2. The maximum absolute atomic E-state index is 12.3. The number of nitrogens with one attached hydrogen (secondary N) is 1. The van der Waals surface area contributed by atoms with Crippen LogP contribution in [0.2, 0.25) is 0 Å². The number of fused-ring (bicyclic) bond motifs is 1. The van der Waals surface area contributed by atoms with Crippen molar-refractivity contribution in [1.29, 1.82) is 0 Å². The van der Waals surface area contributed by atoms with Gasteiger partial charge in [0.2, 0.25) is 11.8 Å². The Kier molecular flexibility index (Phi) is 6.81. The molecule has 1 fully saturated rings. The Morgan fingerprint density at radius 1 is 1.11 bits per heavy atom. The van der Waals surface area contributed by atoms with Gasteiger partial charge in [0.25, 0.3) is 0 Å². The number of carbonyl (C=O) groups is 2. The van der Waals surface area contributed by atoms with E-state index >= 15 is 0 Å². The van der Waals surface area contributed by atoms with Gasteiger partial charge in [-0.25, -0.2) is 4.98 Å². The largest absolute Gasteiger partial charge is 0.356 e. The molecule has 2 aromatic rings. The smallest absolute Gasteiger partial charge is 0.222 e. The molecule has 0 atom stereocenters. The predicted molar refractivity (Wildman–Crippen MR) is 104 cm³/mol. The van der Waals surface area contributed by atoms with E-state index in [1.54, 1.807) is 0 Å². The lowest BCUT2D eigenvalue weighted by Gasteiger charge is -2.34. The van der Waals surface area contributed by atoms with Gasteiger partial charge in [-0.15, -0.1) is 0 Å². The number of hydrogen-bond donors (Lipinski definition) is 1. The van der Waals surface area contributed by atoms with Crippen LogP contribution in [0.25, 0.3) is 5.65 Å². The molecular formula is C20H29N5O2. The minimum Gasteiger partial charge on any atom is -0.356 e. The molecule has 1 saturated heterocycles. The lowest BCUT2D eigenvalue weighted by atomic mass is 10.1. The lowest BCUT2D eigenvalue weighted by Crippen LogP contribution is -2.48. The first kappa shape index (κ1) is 19.4. The molecular weight excluding hydrogens is 342 g/mol. The van der Waals surface area contributed by atoms with E-state index in [0.717, 1.165) is 63.3 Å². The van der Waals surface area contributed by atoms with Crippen LogP contribution in [0.5, 0.6) is 0 Å². The number of piperazine rings is 1. The first-order valence-electron chi connectivity index (χ1n) is 9.79. The summed E-state index contributed by atoms with van der Waals surface area (Å²) in [5.41, 5.74) is 2.04. The van der Waals surface area contributed by atoms with Gasteiger partial charge in [-0.05, 0) is 25.0 Å². The van der Waals surface area contributed by atoms with Crippen LogP contribution >= 0.6 is 0 Å². The number of unbranched alkanes of at least 4 members (excludes halogenated alkanes) is 2. The van der Waals surface area contributed by atoms with Crippen molar-refractivity contribution in [3.05, 3.63) is 36.3 Å². The standard InChI is InChI=1S/C20H29N5O2/c1-17(26)21-9-5-2-3-8-20(27)24-13-11-23(12-14-24)15-18-16-25-10-6-4-7-19(25)22-18/h4,6-7,10,16H,2-3,5,8-9,11-15H2,1H3,(H,21,26). The highest BCUT2D eigenvalue weighted by Gasteiger charge is 2.21. The molecule has 0 aromatic carbocycles. The van der Waals surface area contributed by atoms with Crippen LogP contribution < -0.4 is 5.32 Å². The molecule has 3 rings (SSSR count). The molecule has 1 aliphatic rings. The van der Waals surface area contributed by atoms with Crippen LogP contribution in [-0.2, 0) is 16.1 Å². The zero-order valence-corrected chi connectivity index (χ0v) is 16.1. The molecule has 0 saturated carbocycles. The number of rotatable bonds is 8. The molecule has 3 heterocycles. The zero-order chi connectivity index (χ0) is 19.1. The van der Waals surface area contributed by atoms with Crippen LogP contribution in [0.4, 0.5) is 0 Å². The Balaban J connectivity index is 1.34. The monoisotopic (exact) mass is 371 g/mol. The Morgan fingerprint density at radius 2 is 1.93 bits per heavy atom. The molecule has 0 bridgehead atoms. The van der Waals surface area contributed by atoms with Crippen LogP contribution in [0.1, 0.15) is 38.3 Å². The van der Waals surface area contributed by atoms with Crippen LogP contribution in [0.15, 0.2) is 30.6 Å². The molecule has 0 radical (unpaired) electrons. The summed E-state index contributed by atoms with van der Waals surface area (Å²) in [6.45, 7) is 6.41. The molecule has 146 valence electrons. The predicted octanol–water partition coefficient (Wildman–Crippen LogP) is 1.67. The minimum absolute atomic E-state index is 0.00703. The Hall–Kier alpha value is -2.41. The lowest BCUT2D eigenvalue weighted by molar-refractivity contribution is -0.133. The van der Waals surface area contributed by atoms with E-state index in [1.807, 2.05) is 33.7 Å². The van der Waals surface area contributed by atoms with Gasteiger partial charge in [0.05, 0.1) is 5.69 Å². The molecule has 2 aromatic heterocycles. The first-order chi connectivity index (χ1) is 13.1. The maximum Gasteiger partial charge on any atom is 0.222 e. The van der Waals surface area contributed by atoms with E-state index in [-0.39, 0.29) is 11.8 Å². The fraction of sp³-hybridized carbons (Fsp3) is 0.550. The second kappa shape index (κ2) is 9.50. The molecule has 7 heteroatoms. The SMILES string of the molecule is CC(=O)NCCCCCC(=O)N1CCN(Cc2cn3ccccc3n2)CC1. The van der Waals surface area contributed by atoms with Crippen molar-refractivity contribution in [3.8, 4) is 0 Å². The Bertz CT molecular complexity index is 732. The average Bonchev–Trinajstić information content (AvgIpc) is 3.07. The number of amides is 2. The molecule has 2 amide bonds. The number of pyridine rings is 1. The highest BCUT2D eigenvalue weighted by molar-refractivity contribution is 5.76. The quantitative estimate of drug-likeness (QED) is 0.717. The number of hydrogen-bond acceptors (Lipinski definition) is 4. The number of aromatic nitrogens is 2. The van der Waals surface area contributed by atoms with Gasteiger partial charge in [-0.2, -0.15) is 0 Å². The van der Waals surface area contributed by atoms with Gasteiger partial charge in [-0.3, -0.25) is 14.5 Å². The highest BCUT2D eigenvalue weighted by Crippen LogP contribution is 2.11. The van der Waals surface area contributed by atoms with Gasteiger partial charge >= 0.3 is 0 Å². The topological polar surface area (TPSA) is 70.0 Å². The van der Waals surface area contributed by atoms with Crippen molar-refractivity contribution in [1.82, 2.24) is 24.5 Å². The van der Waals surface area contributed by atoms with Gasteiger partial charge in [0, 0.05) is 65.0 Å². The second-order valence-electron chi connectivity index (χ2n) is 7.15. The third-order valence-corrected chi connectivity index (χ3v) is 4.97. The fourth-order valence-corrected chi connectivity index (χ4v) is 3.45. The van der Waals surface area contributed by atoms with Crippen LogP contribution in [0, 0.1) is 0 Å². The molecule has 0 spiro atoms. The molecule has 1 N–H and O–H groups in total. The summed E-state index contributed by atoms with van der Waals surface area (Å²) in [5, 5.41) is 2.78. The first-order valence-corrected chi connectivity index (χ1v) is 9.79. The molecule has 7 nitrogen and oxygen atoms in total. The fourth-order valence-electron chi connectivity index (χ4n) is 3.45. The zero-order valence-electron chi connectivity index (χ0n) is 16.1. The molecule has 0 aliphatic carbocycles. The van der Waals surface area contributed by atoms with Crippen molar-refractivity contribution >= 4 is 17.5 Å². The molecule has 27 heavy (non-hydrogen) atoms. The maximum atomic E-state index is 12.3. The second-order valence-corrected chi connectivity index (χ2v) is 7.15. The van der Waals surface area contributed by atoms with Crippen molar-refractivity contribution in [3.63, 3.8) is 0 Å². The summed E-state index contributed by atoms with van der Waals surface area (Å²) in [6.07, 6.45) is 7.48. The van der Waals surface area contributed by atoms with E-state index in [9.17, 15) is 9.59 Å². The average molecular weight is 371 g/mol. The van der Waals surface area contributed by atoms with E-state index in [0.29, 0.717) is 13.0 Å². The van der Waals surface area contributed by atoms with E-state index in [1.165, 1.54) is 6.92 Å². The van der Waals surface area contributed by atoms with Crippen molar-refractivity contribution in [2.75, 3.05) is 32.7 Å². The highest BCUT2D eigenvalue weighted by atomic mass is 16.2. The molecule has 0 unspecified atom stereocenters. The number of imidazole rings is 1. The van der Waals surface area contributed by atoms with E-state index in [2.05, 4.69) is 21.4 Å². The van der Waals surface area contributed by atoms with Crippen molar-refractivity contribution < 1.29 is 9.59 Å². The van der Waals surface area contributed by atoms with E-state index in [4.69, 9.17) is 0 Å². The Labute approximate surface area is 160 Å². The third-order valence-electron chi connectivity index (χ3n) is 4.97. The van der Waals surface area contributed by atoms with Crippen LogP contribution in [0.3, 0.4) is 0 Å². The summed E-state index contributed by atoms with van der Waals surface area (Å²) < 4.78 is 2.04. The summed E-state index contributed by atoms with van der Waals surface area (Å²) in [5.74, 6) is 0.259.